The average Bonchev–Trinajstić information content (AvgIpc) is 2.36. The van der Waals surface area contributed by atoms with Crippen LogP contribution in [-0.4, -0.2) is 16.6 Å². The summed E-state index contributed by atoms with van der Waals surface area (Å²) in [4.78, 5) is 12.5. The van der Waals surface area contributed by atoms with Gasteiger partial charge >= 0.3 is 0 Å². The number of nitrogens with one attached hydrogen (secondary N) is 1. The molecule has 0 unspecified atom stereocenters. The number of phenolic OH excluding ortho intramolecular Hbond substituents is 1. The summed E-state index contributed by atoms with van der Waals surface area (Å²) in [5, 5.41) is 12.8. The highest BCUT2D eigenvalue weighted by molar-refractivity contribution is 5.95. The fraction of sp³-hybridized carbons (Fsp3) is 0.588. The molecule has 106 valence electrons. The summed E-state index contributed by atoms with van der Waals surface area (Å²) < 4.78 is 0. The number of phenols is 1. The van der Waals surface area contributed by atoms with E-state index in [0.29, 0.717) is 5.56 Å². The molecule has 0 radical (unpaired) electrons. The molecular weight excluding hydrogens is 250 g/mol. The fourth-order valence-corrected chi connectivity index (χ4v) is 5.22. The molecule has 4 bridgehead atoms. The monoisotopic (exact) mass is 271 g/mol. The molecule has 0 heterocycles. The number of hydrogen-bond acceptors (Lipinski definition) is 2. The number of carbonyl (C=O) groups is 1. The number of hydrogen-bond donors (Lipinski definition) is 2. The molecule has 1 aromatic rings. The fourth-order valence-electron chi connectivity index (χ4n) is 5.22. The Kier molecular flexibility index (Phi) is 2.60. The Morgan fingerprint density at radius 3 is 2.25 bits per heavy atom. The van der Waals surface area contributed by atoms with Crippen molar-refractivity contribution in [3.63, 3.8) is 0 Å². The van der Waals surface area contributed by atoms with Crippen molar-refractivity contribution in [2.45, 2.75) is 44.1 Å². The number of amides is 1. The van der Waals surface area contributed by atoms with Crippen LogP contribution in [0.25, 0.3) is 0 Å². The van der Waals surface area contributed by atoms with Gasteiger partial charge in [-0.15, -0.1) is 0 Å². The summed E-state index contributed by atoms with van der Waals surface area (Å²) in [5.74, 6) is 2.60. The molecule has 4 saturated carbocycles. The van der Waals surface area contributed by atoms with Crippen LogP contribution in [0, 0.1) is 17.8 Å². The third-order valence-electron chi connectivity index (χ3n) is 5.53. The van der Waals surface area contributed by atoms with Crippen molar-refractivity contribution in [2.24, 2.45) is 17.8 Å². The largest absolute Gasteiger partial charge is 0.508 e. The molecule has 0 saturated heterocycles. The number of benzene rings is 1. The lowest BCUT2D eigenvalue weighted by Crippen LogP contribution is -2.59. The highest BCUT2D eigenvalue weighted by Gasteiger charge is 2.51. The van der Waals surface area contributed by atoms with E-state index in [1.54, 1.807) is 24.3 Å². The van der Waals surface area contributed by atoms with E-state index in [1.807, 2.05) is 0 Å². The maximum absolute atomic E-state index is 12.5. The molecule has 3 heteroatoms. The number of carbonyl (C=O) groups excluding carboxylic acids is 1. The second-order valence-electron chi connectivity index (χ2n) is 7.20. The lowest BCUT2D eigenvalue weighted by atomic mass is 9.53. The van der Waals surface area contributed by atoms with Gasteiger partial charge in [0.15, 0.2) is 0 Å². The molecule has 1 amide bonds. The van der Waals surface area contributed by atoms with E-state index >= 15 is 0 Å². The van der Waals surface area contributed by atoms with Gasteiger partial charge in [0.25, 0.3) is 5.91 Å². The first-order valence-corrected chi connectivity index (χ1v) is 7.73. The van der Waals surface area contributed by atoms with Crippen molar-refractivity contribution in [3.05, 3.63) is 29.8 Å². The minimum atomic E-state index is -0.0251. The van der Waals surface area contributed by atoms with Crippen LogP contribution in [0.5, 0.6) is 5.75 Å². The molecule has 0 atom stereocenters. The topological polar surface area (TPSA) is 49.3 Å². The first-order chi connectivity index (χ1) is 9.62. The normalized spacial score (nSPS) is 37.9. The molecule has 0 aromatic heterocycles. The maximum atomic E-state index is 12.5. The van der Waals surface area contributed by atoms with Crippen LogP contribution in [0.2, 0.25) is 0 Å². The van der Waals surface area contributed by atoms with Gasteiger partial charge in [-0.25, -0.2) is 0 Å². The minimum absolute atomic E-state index is 0.0251. The molecule has 0 spiro atoms. The first kappa shape index (κ1) is 12.2. The van der Waals surface area contributed by atoms with E-state index in [9.17, 15) is 9.90 Å². The minimum Gasteiger partial charge on any atom is -0.508 e. The van der Waals surface area contributed by atoms with Crippen LogP contribution in [0.4, 0.5) is 0 Å². The molecule has 4 aliphatic carbocycles. The van der Waals surface area contributed by atoms with Crippen LogP contribution >= 0.6 is 0 Å². The highest BCUT2D eigenvalue weighted by atomic mass is 16.3. The second kappa shape index (κ2) is 4.24. The molecule has 20 heavy (non-hydrogen) atoms. The zero-order chi connectivity index (χ0) is 13.7. The summed E-state index contributed by atoms with van der Waals surface area (Å²) in [5.41, 5.74) is 0.609. The van der Waals surface area contributed by atoms with Crippen molar-refractivity contribution < 1.29 is 9.90 Å². The molecule has 3 nitrogen and oxygen atoms in total. The van der Waals surface area contributed by atoms with Gasteiger partial charge in [0, 0.05) is 11.1 Å². The van der Waals surface area contributed by atoms with Gasteiger partial charge in [-0.3, -0.25) is 4.79 Å². The van der Waals surface area contributed by atoms with Crippen molar-refractivity contribution in [1.29, 1.82) is 0 Å². The van der Waals surface area contributed by atoms with Gasteiger partial charge in [0.2, 0.25) is 0 Å². The summed E-state index contributed by atoms with van der Waals surface area (Å²) >= 11 is 0. The van der Waals surface area contributed by atoms with Crippen LogP contribution in [0.3, 0.4) is 0 Å². The van der Waals surface area contributed by atoms with E-state index in [-0.39, 0.29) is 17.2 Å². The Morgan fingerprint density at radius 2 is 1.70 bits per heavy atom. The Morgan fingerprint density at radius 1 is 1.10 bits per heavy atom. The number of aromatic hydroxyl groups is 1. The van der Waals surface area contributed by atoms with Gasteiger partial charge < -0.3 is 10.4 Å². The second-order valence-corrected chi connectivity index (χ2v) is 7.20. The summed E-state index contributed by atoms with van der Waals surface area (Å²) in [6.07, 6.45) is 7.60. The molecule has 4 aliphatic rings. The standard InChI is InChI=1S/C17H21NO2/c19-15-3-1-2-14(7-15)16(20)18-17-8-11-4-12(9-17)6-13(5-11)10-17/h1-3,7,11-13,19H,4-6,8-10H2,(H,18,20). The smallest absolute Gasteiger partial charge is 0.251 e. The third kappa shape index (κ3) is 2.00. The van der Waals surface area contributed by atoms with Gasteiger partial charge in [-0.2, -0.15) is 0 Å². The Labute approximate surface area is 119 Å². The van der Waals surface area contributed by atoms with E-state index in [2.05, 4.69) is 5.32 Å². The Hall–Kier alpha value is -1.51. The van der Waals surface area contributed by atoms with Gasteiger partial charge in [-0.1, -0.05) is 6.07 Å². The highest BCUT2D eigenvalue weighted by Crippen LogP contribution is 2.55. The third-order valence-corrected chi connectivity index (χ3v) is 5.53. The van der Waals surface area contributed by atoms with Crippen LogP contribution in [0.1, 0.15) is 48.9 Å². The van der Waals surface area contributed by atoms with E-state index in [1.165, 1.54) is 19.3 Å². The molecule has 1 aromatic carbocycles. The number of rotatable bonds is 2. The summed E-state index contributed by atoms with van der Waals surface area (Å²) in [6.45, 7) is 0. The summed E-state index contributed by atoms with van der Waals surface area (Å²) in [7, 11) is 0. The van der Waals surface area contributed by atoms with Crippen LogP contribution in [-0.2, 0) is 0 Å². The van der Waals surface area contributed by atoms with E-state index < -0.39 is 0 Å². The van der Waals surface area contributed by atoms with E-state index in [0.717, 1.165) is 37.0 Å². The zero-order valence-electron chi connectivity index (χ0n) is 11.6. The maximum Gasteiger partial charge on any atom is 0.251 e. The SMILES string of the molecule is O=C(NC12CC3CC(CC(C3)C1)C2)c1cccc(O)c1. The zero-order valence-corrected chi connectivity index (χ0v) is 11.6. The predicted molar refractivity (Wildman–Crippen MR) is 76.5 cm³/mol. The lowest BCUT2D eigenvalue weighted by molar-refractivity contribution is -0.0167. The van der Waals surface area contributed by atoms with Crippen molar-refractivity contribution in [2.75, 3.05) is 0 Å². The summed E-state index contributed by atoms with van der Waals surface area (Å²) in [6, 6.07) is 6.65. The molecule has 2 N–H and O–H groups in total. The van der Waals surface area contributed by atoms with Gasteiger partial charge in [0.05, 0.1) is 0 Å². The Balaban J connectivity index is 1.55. The molecular formula is C17H21NO2. The van der Waals surface area contributed by atoms with Crippen molar-refractivity contribution >= 4 is 5.91 Å². The Bertz CT molecular complexity index is 516. The van der Waals surface area contributed by atoms with Crippen molar-refractivity contribution in [3.8, 4) is 5.75 Å². The lowest BCUT2D eigenvalue weighted by Gasteiger charge is -2.56. The molecule has 5 rings (SSSR count). The van der Waals surface area contributed by atoms with Crippen molar-refractivity contribution in [1.82, 2.24) is 5.32 Å². The first-order valence-electron chi connectivity index (χ1n) is 7.73. The molecule has 0 aliphatic heterocycles. The predicted octanol–water partition coefficient (Wildman–Crippen LogP) is 3.09. The average molecular weight is 271 g/mol. The van der Waals surface area contributed by atoms with E-state index in [4.69, 9.17) is 0 Å². The van der Waals surface area contributed by atoms with Gasteiger partial charge in [-0.05, 0) is 74.5 Å². The van der Waals surface area contributed by atoms with Crippen LogP contribution in [0.15, 0.2) is 24.3 Å². The molecule has 4 fully saturated rings. The van der Waals surface area contributed by atoms with Gasteiger partial charge in [0.1, 0.15) is 5.75 Å². The quantitative estimate of drug-likeness (QED) is 0.868. The van der Waals surface area contributed by atoms with Crippen LogP contribution < -0.4 is 5.32 Å².